The van der Waals surface area contributed by atoms with Crippen molar-refractivity contribution in [3.8, 4) is 0 Å². The zero-order valence-corrected chi connectivity index (χ0v) is 14.1. The monoisotopic (exact) mass is 371 g/mol. The van der Waals surface area contributed by atoms with E-state index in [2.05, 4.69) is 5.32 Å². The highest BCUT2D eigenvalue weighted by Crippen LogP contribution is 2.24. The molecule has 130 valence electrons. The van der Waals surface area contributed by atoms with Crippen LogP contribution in [0.15, 0.2) is 66.7 Å². The summed E-state index contributed by atoms with van der Waals surface area (Å²) in [6.07, 6.45) is 0. The second kappa shape index (κ2) is 7.45. The van der Waals surface area contributed by atoms with Crippen LogP contribution in [0.5, 0.6) is 0 Å². The van der Waals surface area contributed by atoms with Gasteiger partial charge in [0.15, 0.2) is 17.4 Å². The number of carbonyl (C=O) groups is 2. The van der Waals surface area contributed by atoms with Crippen LogP contribution in [0.1, 0.15) is 26.3 Å². The van der Waals surface area contributed by atoms with Crippen molar-refractivity contribution in [2.45, 2.75) is 0 Å². The fourth-order valence-corrected chi connectivity index (χ4v) is 2.66. The molecule has 6 heteroatoms. The minimum atomic E-state index is -1.19. The van der Waals surface area contributed by atoms with Crippen molar-refractivity contribution in [3.63, 3.8) is 0 Å². The van der Waals surface area contributed by atoms with Gasteiger partial charge in [0, 0.05) is 11.1 Å². The molecule has 3 aromatic carbocycles. The fourth-order valence-electron chi connectivity index (χ4n) is 2.42. The van der Waals surface area contributed by atoms with Gasteiger partial charge in [0.1, 0.15) is 0 Å². The molecule has 0 fully saturated rings. The molecular formula is C20H12ClF2NO2. The average Bonchev–Trinajstić information content (AvgIpc) is 2.65. The smallest absolute Gasteiger partial charge is 0.257 e. The van der Waals surface area contributed by atoms with Crippen LogP contribution in [0.4, 0.5) is 14.5 Å². The second-order valence-corrected chi connectivity index (χ2v) is 5.85. The van der Waals surface area contributed by atoms with Gasteiger partial charge in [-0.05, 0) is 24.3 Å². The first-order valence-corrected chi connectivity index (χ1v) is 8.00. The van der Waals surface area contributed by atoms with E-state index in [9.17, 15) is 18.4 Å². The Bertz CT molecular complexity index is 990. The van der Waals surface area contributed by atoms with E-state index < -0.39 is 17.5 Å². The molecule has 3 rings (SSSR count). The Morgan fingerprint density at radius 3 is 2.15 bits per heavy atom. The minimum absolute atomic E-state index is 0.228. The highest BCUT2D eigenvalue weighted by molar-refractivity contribution is 6.34. The van der Waals surface area contributed by atoms with Crippen LogP contribution in [0, 0.1) is 11.6 Å². The Morgan fingerprint density at radius 2 is 1.42 bits per heavy atom. The molecular weight excluding hydrogens is 360 g/mol. The predicted octanol–water partition coefficient (Wildman–Crippen LogP) is 5.10. The number of carbonyl (C=O) groups excluding carboxylic acids is 2. The number of halogens is 3. The van der Waals surface area contributed by atoms with Crippen molar-refractivity contribution < 1.29 is 18.4 Å². The van der Waals surface area contributed by atoms with Gasteiger partial charge in [-0.15, -0.1) is 0 Å². The topological polar surface area (TPSA) is 46.2 Å². The predicted molar refractivity (Wildman–Crippen MR) is 95.6 cm³/mol. The van der Waals surface area contributed by atoms with Crippen LogP contribution in [0.2, 0.25) is 5.02 Å². The number of amides is 1. The van der Waals surface area contributed by atoms with Gasteiger partial charge in [0.05, 0.1) is 16.3 Å². The van der Waals surface area contributed by atoms with Gasteiger partial charge in [-0.1, -0.05) is 54.1 Å². The fraction of sp³-hybridized carbons (Fsp3) is 0. The zero-order chi connectivity index (χ0) is 18.7. The lowest BCUT2D eigenvalue weighted by Crippen LogP contribution is -2.16. The van der Waals surface area contributed by atoms with E-state index >= 15 is 0 Å². The van der Waals surface area contributed by atoms with E-state index in [0.29, 0.717) is 11.6 Å². The summed E-state index contributed by atoms with van der Waals surface area (Å²) in [5, 5.41) is 2.30. The maximum atomic E-state index is 13.4. The lowest BCUT2D eigenvalue weighted by atomic mass is 10.0. The van der Waals surface area contributed by atoms with Crippen LogP contribution < -0.4 is 5.32 Å². The molecule has 0 unspecified atom stereocenters. The number of rotatable bonds is 4. The van der Waals surface area contributed by atoms with Crippen LogP contribution >= 0.6 is 11.6 Å². The molecule has 0 saturated carbocycles. The summed E-state index contributed by atoms with van der Waals surface area (Å²) in [5.41, 5.74) is 0.741. The molecule has 3 nitrogen and oxygen atoms in total. The number of hydrogen-bond acceptors (Lipinski definition) is 2. The number of benzene rings is 3. The summed E-state index contributed by atoms with van der Waals surface area (Å²) in [6, 6.07) is 16.4. The molecule has 0 aliphatic rings. The Balaban J connectivity index is 1.93. The molecule has 0 heterocycles. The van der Waals surface area contributed by atoms with E-state index in [1.807, 2.05) is 0 Å². The van der Waals surface area contributed by atoms with Crippen molar-refractivity contribution in [1.82, 2.24) is 0 Å². The lowest BCUT2D eigenvalue weighted by Gasteiger charge is -2.11. The largest absolute Gasteiger partial charge is 0.321 e. The molecule has 1 N–H and O–H groups in total. The Morgan fingerprint density at radius 1 is 0.808 bits per heavy atom. The van der Waals surface area contributed by atoms with Crippen molar-refractivity contribution in [2.24, 2.45) is 0 Å². The van der Waals surface area contributed by atoms with E-state index in [1.165, 1.54) is 0 Å². The number of ketones is 1. The standard InChI is InChI=1S/C20H12ClF2NO2/c21-15-11-17(23)16(22)10-14(15)20(26)24-18-9-5-4-8-13(18)19(25)12-6-2-1-3-7-12/h1-11H,(H,24,26). The maximum absolute atomic E-state index is 13.4. The summed E-state index contributed by atoms with van der Waals surface area (Å²) in [7, 11) is 0. The van der Waals surface area contributed by atoms with Gasteiger partial charge >= 0.3 is 0 Å². The molecule has 26 heavy (non-hydrogen) atoms. The Hall–Kier alpha value is -3.05. The normalized spacial score (nSPS) is 10.4. The van der Waals surface area contributed by atoms with Crippen molar-refractivity contribution >= 4 is 29.0 Å². The molecule has 0 aromatic heterocycles. The summed E-state index contributed by atoms with van der Waals surface area (Å²) < 4.78 is 26.6. The third-order valence-electron chi connectivity index (χ3n) is 3.71. The van der Waals surface area contributed by atoms with Crippen molar-refractivity contribution in [1.29, 1.82) is 0 Å². The second-order valence-electron chi connectivity index (χ2n) is 5.44. The number of anilines is 1. The molecule has 1 amide bonds. The van der Waals surface area contributed by atoms with E-state index in [-0.39, 0.29) is 27.6 Å². The van der Waals surface area contributed by atoms with Gasteiger partial charge in [-0.2, -0.15) is 0 Å². The Labute approximate surface area is 153 Å². The molecule has 0 radical (unpaired) electrons. The first-order valence-electron chi connectivity index (χ1n) is 7.62. The molecule has 0 spiro atoms. The molecule has 3 aromatic rings. The number of para-hydroxylation sites is 1. The van der Waals surface area contributed by atoms with Crippen LogP contribution in [-0.2, 0) is 0 Å². The molecule has 0 aliphatic heterocycles. The van der Waals surface area contributed by atoms with Crippen molar-refractivity contribution in [2.75, 3.05) is 5.32 Å². The number of nitrogens with one attached hydrogen (secondary N) is 1. The minimum Gasteiger partial charge on any atom is -0.321 e. The van der Waals surface area contributed by atoms with E-state index in [0.717, 1.165) is 6.07 Å². The molecule has 0 aliphatic carbocycles. The van der Waals surface area contributed by atoms with Crippen molar-refractivity contribution in [3.05, 3.63) is 100 Å². The molecule has 0 atom stereocenters. The van der Waals surface area contributed by atoms with Gasteiger partial charge in [-0.25, -0.2) is 8.78 Å². The SMILES string of the molecule is O=C(Nc1ccccc1C(=O)c1ccccc1)c1cc(F)c(F)cc1Cl. The zero-order valence-electron chi connectivity index (χ0n) is 13.3. The molecule has 0 saturated heterocycles. The van der Waals surface area contributed by atoms with Gasteiger partial charge in [0.2, 0.25) is 0 Å². The summed E-state index contributed by atoms with van der Waals surface area (Å²) in [5.74, 6) is -3.36. The van der Waals surface area contributed by atoms with Gasteiger partial charge < -0.3 is 5.32 Å². The quantitative estimate of drug-likeness (QED) is 0.512. The Kier molecular flexibility index (Phi) is 5.09. The summed E-state index contributed by atoms with van der Waals surface area (Å²) in [6.45, 7) is 0. The molecule has 0 bridgehead atoms. The van der Waals surface area contributed by atoms with Gasteiger partial charge in [-0.3, -0.25) is 9.59 Å². The van der Waals surface area contributed by atoms with Crippen LogP contribution in [-0.4, -0.2) is 11.7 Å². The van der Waals surface area contributed by atoms with E-state index in [1.54, 1.807) is 54.6 Å². The summed E-state index contributed by atoms with van der Waals surface area (Å²) in [4.78, 5) is 25.1. The third-order valence-corrected chi connectivity index (χ3v) is 4.02. The average molecular weight is 372 g/mol. The van der Waals surface area contributed by atoms with E-state index in [4.69, 9.17) is 11.6 Å². The highest BCUT2D eigenvalue weighted by atomic mass is 35.5. The van der Waals surface area contributed by atoms with Crippen LogP contribution in [0.3, 0.4) is 0 Å². The third kappa shape index (κ3) is 3.63. The number of hydrogen-bond donors (Lipinski definition) is 1. The lowest BCUT2D eigenvalue weighted by molar-refractivity contribution is 0.102. The first-order chi connectivity index (χ1) is 12.5. The first kappa shape index (κ1) is 17.8. The van der Waals surface area contributed by atoms with Gasteiger partial charge in [0.25, 0.3) is 5.91 Å². The maximum Gasteiger partial charge on any atom is 0.257 e. The highest BCUT2D eigenvalue weighted by Gasteiger charge is 2.18. The van der Waals surface area contributed by atoms with Crippen LogP contribution in [0.25, 0.3) is 0 Å². The summed E-state index contributed by atoms with van der Waals surface area (Å²) >= 11 is 5.83.